The quantitative estimate of drug-likeness (QED) is 0.447. The van der Waals surface area contributed by atoms with Crippen molar-refractivity contribution >= 4 is 48.9 Å². The van der Waals surface area contributed by atoms with Crippen LogP contribution in [-0.2, 0) is 24.8 Å². The number of carbonyl (C=O) groups is 1. The number of benzene rings is 3. The van der Waals surface area contributed by atoms with E-state index in [4.69, 9.17) is 16.3 Å². The molecule has 2 N–H and O–H groups in total. The number of aryl methyl sites for hydroxylation is 2. The van der Waals surface area contributed by atoms with Crippen molar-refractivity contribution in [2.24, 2.45) is 0 Å². The maximum Gasteiger partial charge on any atom is 0.261 e. The van der Waals surface area contributed by atoms with Crippen molar-refractivity contribution in [2.45, 2.75) is 23.6 Å². The number of hydrogen-bond donors (Lipinski definition) is 2. The fourth-order valence-electron chi connectivity index (χ4n) is 3.86. The smallest absolute Gasteiger partial charge is 0.261 e. The van der Waals surface area contributed by atoms with Crippen molar-refractivity contribution < 1.29 is 26.4 Å². The largest absolute Gasteiger partial charge is 0.379 e. The van der Waals surface area contributed by atoms with E-state index in [-0.39, 0.29) is 33.5 Å². The first-order chi connectivity index (χ1) is 17.5. The fraction of sp³-hybridized carbons (Fsp3) is 0.240. The molecule has 1 aliphatic rings. The molecule has 0 spiro atoms. The number of anilines is 2. The fourth-order valence-corrected chi connectivity index (χ4v) is 6.70. The molecule has 12 heteroatoms. The first kappa shape index (κ1) is 27.1. The van der Waals surface area contributed by atoms with E-state index in [1.54, 1.807) is 0 Å². The zero-order valence-electron chi connectivity index (χ0n) is 20.2. The lowest BCUT2D eigenvalue weighted by atomic mass is 10.1. The van der Waals surface area contributed by atoms with Crippen molar-refractivity contribution in [3.8, 4) is 0 Å². The number of nitrogens with one attached hydrogen (secondary N) is 2. The van der Waals surface area contributed by atoms with Crippen molar-refractivity contribution in [3.63, 3.8) is 0 Å². The third-order valence-electron chi connectivity index (χ3n) is 5.93. The summed E-state index contributed by atoms with van der Waals surface area (Å²) in [7, 11) is -7.68. The van der Waals surface area contributed by atoms with Crippen molar-refractivity contribution in [1.29, 1.82) is 0 Å². The number of nitrogens with zero attached hydrogens (tertiary/aromatic N) is 1. The molecule has 3 aromatic rings. The van der Waals surface area contributed by atoms with Crippen LogP contribution in [0, 0.1) is 13.8 Å². The Morgan fingerprint density at radius 1 is 0.892 bits per heavy atom. The summed E-state index contributed by atoms with van der Waals surface area (Å²) in [6.45, 7) is 4.67. The van der Waals surface area contributed by atoms with E-state index < -0.39 is 26.0 Å². The summed E-state index contributed by atoms with van der Waals surface area (Å²) in [6, 6.07) is 15.0. The van der Waals surface area contributed by atoms with Crippen LogP contribution in [0.15, 0.2) is 70.5 Å². The highest BCUT2D eigenvalue weighted by Crippen LogP contribution is 2.26. The van der Waals surface area contributed by atoms with Gasteiger partial charge in [-0.15, -0.1) is 0 Å². The van der Waals surface area contributed by atoms with Crippen molar-refractivity contribution in [1.82, 2.24) is 4.31 Å². The third-order valence-corrected chi connectivity index (χ3v) is 9.52. The molecule has 4 rings (SSSR count). The minimum absolute atomic E-state index is 0.0183. The van der Waals surface area contributed by atoms with Gasteiger partial charge in [-0.3, -0.25) is 9.52 Å². The zero-order chi connectivity index (χ0) is 26.8. The van der Waals surface area contributed by atoms with E-state index in [9.17, 15) is 21.6 Å². The monoisotopic (exact) mass is 563 g/mol. The molecule has 37 heavy (non-hydrogen) atoms. The average molecular weight is 564 g/mol. The molecule has 0 aliphatic carbocycles. The summed E-state index contributed by atoms with van der Waals surface area (Å²) in [6.07, 6.45) is 0. The number of hydrogen-bond acceptors (Lipinski definition) is 6. The van der Waals surface area contributed by atoms with Gasteiger partial charge in [-0.1, -0.05) is 29.8 Å². The molecule has 1 aliphatic heterocycles. The molecule has 9 nitrogen and oxygen atoms in total. The number of amides is 1. The molecular formula is C25H26ClN3O6S2. The number of para-hydroxylation sites is 1. The molecule has 196 valence electrons. The Kier molecular flexibility index (Phi) is 7.91. The number of halogens is 1. The van der Waals surface area contributed by atoms with Gasteiger partial charge in [-0.25, -0.2) is 16.8 Å². The minimum Gasteiger partial charge on any atom is -0.379 e. The molecule has 0 saturated carbocycles. The average Bonchev–Trinajstić information content (AvgIpc) is 2.87. The van der Waals surface area contributed by atoms with Crippen LogP contribution in [0.3, 0.4) is 0 Å². The molecule has 0 radical (unpaired) electrons. The SMILES string of the molecule is Cc1cccc(C)c1NS(=O)(=O)c1ccc(NC(=O)c2cc(S(=O)(=O)N3CCOCC3)ccc2Cl)cc1. The minimum atomic E-state index is -3.86. The molecule has 1 heterocycles. The Labute approximate surface area is 221 Å². The number of sulfonamides is 2. The molecule has 0 bridgehead atoms. The van der Waals surface area contributed by atoms with Crippen LogP contribution in [0.1, 0.15) is 21.5 Å². The zero-order valence-corrected chi connectivity index (χ0v) is 22.6. The van der Waals surface area contributed by atoms with Crippen molar-refractivity contribution in [2.75, 3.05) is 36.3 Å². The third kappa shape index (κ3) is 5.97. The van der Waals surface area contributed by atoms with Crippen LogP contribution in [-0.4, -0.2) is 53.4 Å². The van der Waals surface area contributed by atoms with Gasteiger partial charge in [0.25, 0.3) is 15.9 Å². The summed E-state index contributed by atoms with van der Waals surface area (Å²) < 4.78 is 60.8. The highest BCUT2D eigenvalue weighted by Gasteiger charge is 2.27. The van der Waals surface area contributed by atoms with Gasteiger partial charge in [0.15, 0.2) is 0 Å². The van der Waals surface area contributed by atoms with Gasteiger partial charge >= 0.3 is 0 Å². The van der Waals surface area contributed by atoms with Gasteiger partial charge in [-0.2, -0.15) is 4.31 Å². The molecule has 3 aromatic carbocycles. The second-order valence-corrected chi connectivity index (χ2v) is 12.5. The van der Waals surface area contributed by atoms with Crippen LogP contribution in [0.5, 0.6) is 0 Å². The summed E-state index contributed by atoms with van der Waals surface area (Å²) in [5.41, 5.74) is 2.39. The van der Waals surface area contributed by atoms with Gasteiger partial charge in [-0.05, 0) is 67.4 Å². The Hall–Kier alpha value is -2.96. The summed E-state index contributed by atoms with van der Waals surface area (Å²) in [5.74, 6) is -0.631. The predicted octanol–water partition coefficient (Wildman–Crippen LogP) is 4.03. The van der Waals surface area contributed by atoms with E-state index in [0.29, 0.717) is 24.6 Å². The second kappa shape index (κ2) is 10.8. The number of ether oxygens (including phenoxy) is 1. The van der Waals surface area contributed by atoms with Gasteiger partial charge in [0.2, 0.25) is 10.0 Å². The van der Waals surface area contributed by atoms with Crippen molar-refractivity contribution in [3.05, 3.63) is 82.4 Å². The maximum absolute atomic E-state index is 13.0. The van der Waals surface area contributed by atoms with Crippen LogP contribution >= 0.6 is 11.6 Å². The van der Waals surface area contributed by atoms with Crippen LogP contribution < -0.4 is 10.0 Å². The lowest BCUT2D eigenvalue weighted by Crippen LogP contribution is -2.40. The van der Waals surface area contributed by atoms with E-state index in [1.807, 2.05) is 32.0 Å². The van der Waals surface area contributed by atoms with E-state index in [2.05, 4.69) is 10.0 Å². The van der Waals surface area contributed by atoms with Gasteiger partial charge < -0.3 is 10.1 Å². The predicted molar refractivity (Wildman–Crippen MR) is 142 cm³/mol. The maximum atomic E-state index is 13.0. The number of rotatable bonds is 7. The van der Waals surface area contributed by atoms with Gasteiger partial charge in [0.1, 0.15) is 0 Å². The molecule has 1 saturated heterocycles. The Balaban J connectivity index is 1.52. The van der Waals surface area contributed by atoms with Crippen LogP contribution in [0.4, 0.5) is 11.4 Å². The highest BCUT2D eigenvalue weighted by atomic mass is 35.5. The van der Waals surface area contributed by atoms with Crippen LogP contribution in [0.25, 0.3) is 0 Å². The molecule has 0 aromatic heterocycles. The molecule has 0 unspecified atom stereocenters. The molecule has 1 fully saturated rings. The summed E-state index contributed by atoms with van der Waals surface area (Å²) in [4.78, 5) is 12.9. The molecule has 1 amide bonds. The lowest BCUT2D eigenvalue weighted by molar-refractivity contribution is 0.0730. The Morgan fingerprint density at radius 3 is 2.11 bits per heavy atom. The normalized spacial score (nSPS) is 14.8. The first-order valence-electron chi connectivity index (χ1n) is 11.4. The summed E-state index contributed by atoms with van der Waals surface area (Å²) in [5, 5.41) is 2.72. The second-order valence-electron chi connectivity index (χ2n) is 8.51. The topological polar surface area (TPSA) is 122 Å². The van der Waals surface area contributed by atoms with Crippen LogP contribution in [0.2, 0.25) is 5.02 Å². The Bertz CT molecular complexity index is 1510. The molecular weight excluding hydrogens is 538 g/mol. The number of carbonyl (C=O) groups excluding carboxylic acids is 1. The lowest BCUT2D eigenvalue weighted by Gasteiger charge is -2.26. The highest BCUT2D eigenvalue weighted by molar-refractivity contribution is 7.92. The standard InChI is InChI=1S/C25H26ClN3O6S2/c1-17-4-3-5-18(2)24(17)28-36(31,32)20-8-6-19(7-9-20)27-25(30)22-16-21(10-11-23(22)26)37(33,34)29-12-14-35-15-13-29/h3-11,16,28H,12-15H2,1-2H3,(H,27,30). The van der Waals surface area contributed by atoms with E-state index in [1.165, 1.54) is 46.8 Å². The number of morpholine rings is 1. The molecule has 0 atom stereocenters. The van der Waals surface area contributed by atoms with E-state index >= 15 is 0 Å². The van der Waals surface area contributed by atoms with Gasteiger partial charge in [0.05, 0.1) is 39.3 Å². The van der Waals surface area contributed by atoms with Gasteiger partial charge in [0, 0.05) is 18.8 Å². The van der Waals surface area contributed by atoms with E-state index in [0.717, 1.165) is 11.1 Å². The Morgan fingerprint density at radius 2 is 1.49 bits per heavy atom. The summed E-state index contributed by atoms with van der Waals surface area (Å²) >= 11 is 6.20. The first-order valence-corrected chi connectivity index (χ1v) is 14.7.